The van der Waals surface area contributed by atoms with Crippen LogP contribution in [0.25, 0.3) is 22.5 Å². The van der Waals surface area contributed by atoms with E-state index in [1.165, 1.54) is 7.11 Å². The Labute approximate surface area is 284 Å². The van der Waals surface area contributed by atoms with Crippen molar-refractivity contribution in [3.05, 3.63) is 81.5 Å². The number of nitrogens with zero attached hydrogens (tertiary/aromatic N) is 4. The van der Waals surface area contributed by atoms with E-state index in [9.17, 15) is 22.8 Å². The molecule has 0 radical (unpaired) electrons. The number of fused-ring (bicyclic) bond motifs is 1. The van der Waals surface area contributed by atoms with Crippen LogP contribution in [0.4, 0.5) is 13.2 Å². The molecule has 5 heterocycles. The largest absolute Gasteiger partial charge is 0.481 e. The van der Waals surface area contributed by atoms with Gasteiger partial charge in [-0.2, -0.15) is 18.2 Å². The van der Waals surface area contributed by atoms with Crippen molar-refractivity contribution in [3.63, 3.8) is 0 Å². The van der Waals surface area contributed by atoms with Crippen molar-refractivity contribution in [3.8, 4) is 40.2 Å². The van der Waals surface area contributed by atoms with E-state index in [1.807, 2.05) is 24.3 Å². The van der Waals surface area contributed by atoms with Gasteiger partial charge in [0.05, 0.1) is 36.2 Å². The molecule has 49 heavy (non-hydrogen) atoms. The van der Waals surface area contributed by atoms with Crippen LogP contribution in [-0.2, 0) is 23.9 Å². The van der Waals surface area contributed by atoms with Crippen LogP contribution in [0.2, 0.25) is 5.02 Å². The number of hydrogen-bond acceptors (Lipinski definition) is 9. The highest BCUT2D eigenvalue weighted by molar-refractivity contribution is 6.33. The monoisotopic (exact) mass is 693 g/mol. The second kappa shape index (κ2) is 12.6. The smallest absolute Gasteiger partial charge is 0.421 e. The topological polar surface area (TPSA) is 116 Å². The van der Waals surface area contributed by atoms with Gasteiger partial charge >= 0.3 is 6.18 Å². The molecule has 14 heteroatoms. The predicted octanol–water partition coefficient (Wildman–Crippen LogP) is 6.10. The SMILES string of the molecule is COc1nc(O[C@H]2CCc3c(-c4cc(-c5nc(OC)c(CN6CC7(CNC(=O)C7)C6)cc5Cl)ccn4)cccc32)c(C(F)(F)F)cc1C=O. The number of ether oxygens (including phenoxy) is 3. The first-order valence-electron chi connectivity index (χ1n) is 15.6. The zero-order valence-electron chi connectivity index (χ0n) is 26.6. The fourth-order valence-electron chi connectivity index (χ4n) is 7.11. The van der Waals surface area contributed by atoms with Gasteiger partial charge in [-0.3, -0.25) is 19.5 Å². The van der Waals surface area contributed by atoms with Gasteiger partial charge in [-0.25, -0.2) is 4.98 Å². The second-order valence-electron chi connectivity index (χ2n) is 12.6. The fourth-order valence-corrected chi connectivity index (χ4v) is 7.39. The molecule has 1 atom stereocenters. The van der Waals surface area contributed by atoms with Gasteiger partial charge in [0.25, 0.3) is 0 Å². The predicted molar refractivity (Wildman–Crippen MR) is 173 cm³/mol. The van der Waals surface area contributed by atoms with Crippen molar-refractivity contribution >= 4 is 23.8 Å². The van der Waals surface area contributed by atoms with E-state index < -0.39 is 23.7 Å². The zero-order valence-corrected chi connectivity index (χ0v) is 27.3. The van der Waals surface area contributed by atoms with Crippen LogP contribution in [0, 0.1) is 5.41 Å². The van der Waals surface area contributed by atoms with Crippen LogP contribution in [0.3, 0.4) is 0 Å². The molecule has 7 rings (SSSR count). The van der Waals surface area contributed by atoms with Gasteiger partial charge in [0.2, 0.25) is 23.5 Å². The Morgan fingerprint density at radius 1 is 1.08 bits per heavy atom. The number of halogens is 4. The van der Waals surface area contributed by atoms with Gasteiger partial charge in [0, 0.05) is 60.9 Å². The number of benzene rings is 1. The number of carbonyl (C=O) groups is 2. The Morgan fingerprint density at radius 3 is 2.57 bits per heavy atom. The maximum absolute atomic E-state index is 14.0. The third kappa shape index (κ3) is 6.17. The molecule has 1 amide bonds. The van der Waals surface area contributed by atoms with E-state index in [2.05, 4.69) is 20.2 Å². The van der Waals surface area contributed by atoms with Gasteiger partial charge in [-0.05, 0) is 48.2 Å². The Hall–Kier alpha value is -4.75. The summed E-state index contributed by atoms with van der Waals surface area (Å²) in [5, 5.41) is 3.36. The van der Waals surface area contributed by atoms with Crippen molar-refractivity contribution < 1.29 is 37.0 Å². The Balaban J connectivity index is 1.15. The highest BCUT2D eigenvalue weighted by atomic mass is 35.5. The average molecular weight is 694 g/mol. The molecular weight excluding hydrogens is 663 g/mol. The molecule has 2 saturated heterocycles. The molecule has 0 saturated carbocycles. The number of pyridine rings is 3. The maximum Gasteiger partial charge on any atom is 0.421 e. The molecule has 2 aliphatic heterocycles. The third-order valence-electron chi connectivity index (χ3n) is 9.30. The van der Waals surface area contributed by atoms with Gasteiger partial charge in [-0.1, -0.05) is 29.8 Å². The van der Waals surface area contributed by atoms with E-state index >= 15 is 0 Å². The molecule has 2 fully saturated rings. The van der Waals surface area contributed by atoms with Crippen molar-refractivity contribution in [2.24, 2.45) is 5.41 Å². The number of carbonyl (C=O) groups excluding carboxylic acids is 2. The molecule has 10 nitrogen and oxygen atoms in total. The summed E-state index contributed by atoms with van der Waals surface area (Å²) in [6.07, 6.45) is -2.14. The van der Waals surface area contributed by atoms with Gasteiger partial charge in [0.1, 0.15) is 11.7 Å². The summed E-state index contributed by atoms with van der Waals surface area (Å²) in [6.45, 7) is 2.88. The van der Waals surface area contributed by atoms with Crippen molar-refractivity contribution in [1.29, 1.82) is 0 Å². The van der Waals surface area contributed by atoms with Gasteiger partial charge in [-0.15, -0.1) is 0 Å². The van der Waals surface area contributed by atoms with Crippen LogP contribution in [0.1, 0.15) is 51.6 Å². The summed E-state index contributed by atoms with van der Waals surface area (Å²) >= 11 is 6.81. The van der Waals surface area contributed by atoms with Crippen LogP contribution >= 0.6 is 11.6 Å². The van der Waals surface area contributed by atoms with E-state index in [0.29, 0.717) is 71.8 Å². The Morgan fingerprint density at radius 2 is 1.88 bits per heavy atom. The van der Waals surface area contributed by atoms with Gasteiger partial charge in [0.15, 0.2) is 6.29 Å². The first kappa shape index (κ1) is 32.8. The minimum atomic E-state index is -4.80. The Bertz CT molecular complexity index is 1970. The molecular formula is C35H31ClF3N5O5. The molecule has 0 unspecified atom stereocenters. The normalized spacial score (nSPS) is 18.2. The second-order valence-corrected chi connectivity index (χ2v) is 13.0. The number of alkyl halides is 3. The van der Waals surface area contributed by atoms with E-state index in [4.69, 9.17) is 30.8 Å². The Kier molecular flexibility index (Phi) is 8.44. The highest BCUT2D eigenvalue weighted by Gasteiger charge is 2.48. The summed E-state index contributed by atoms with van der Waals surface area (Å²) in [4.78, 5) is 38.6. The molecule has 1 N–H and O–H groups in total. The summed E-state index contributed by atoms with van der Waals surface area (Å²) in [7, 11) is 2.78. The van der Waals surface area contributed by atoms with Crippen molar-refractivity contribution in [2.45, 2.75) is 38.1 Å². The molecule has 1 spiro atoms. The molecule has 3 aromatic heterocycles. The average Bonchev–Trinajstić information content (AvgIpc) is 3.67. The van der Waals surface area contributed by atoms with Crippen LogP contribution in [-0.4, -0.2) is 65.9 Å². The number of methoxy groups -OCH3 is 2. The van der Waals surface area contributed by atoms with Crippen molar-refractivity contribution in [1.82, 2.24) is 25.2 Å². The summed E-state index contributed by atoms with van der Waals surface area (Å²) in [6, 6.07) is 11.7. The number of hydrogen-bond donors (Lipinski definition) is 1. The molecule has 254 valence electrons. The third-order valence-corrected chi connectivity index (χ3v) is 9.59. The number of aromatic nitrogens is 3. The lowest BCUT2D eigenvalue weighted by Gasteiger charge is -2.47. The summed E-state index contributed by atoms with van der Waals surface area (Å²) in [5.41, 5.74) is 3.62. The number of nitrogens with one attached hydrogen (secondary N) is 1. The maximum atomic E-state index is 14.0. The van der Waals surface area contributed by atoms with Gasteiger partial charge < -0.3 is 19.5 Å². The standard InChI is InChI=1S/C35H31ClF3N5O5/c1-47-31-20(14-44-17-34(18-44)13-29(46)41-16-34)11-26(36)30(42-31)19-8-9-40-27(12-19)23-4-3-5-24-22(23)6-7-28(24)49-33-25(35(37,38)39)10-21(15-45)32(43-33)48-2/h3-5,8-12,15,28H,6-7,13-14,16-18H2,1-2H3,(H,41,46)/t28-/m0/s1. The van der Waals surface area contributed by atoms with Crippen LogP contribution in [0.15, 0.2) is 48.7 Å². The number of aldehydes is 1. The molecule has 0 bridgehead atoms. The molecule has 3 aliphatic rings. The molecule has 1 aromatic carbocycles. The minimum absolute atomic E-state index is 0.00216. The lowest BCUT2D eigenvalue weighted by atomic mass is 9.79. The molecule has 1 aliphatic carbocycles. The van der Waals surface area contributed by atoms with E-state index in [-0.39, 0.29) is 29.1 Å². The number of amides is 1. The number of rotatable bonds is 9. The highest BCUT2D eigenvalue weighted by Crippen LogP contribution is 2.44. The van der Waals surface area contributed by atoms with E-state index in [1.54, 1.807) is 25.4 Å². The van der Waals surface area contributed by atoms with Crippen molar-refractivity contribution in [2.75, 3.05) is 33.9 Å². The first-order valence-corrected chi connectivity index (χ1v) is 16.0. The zero-order chi connectivity index (χ0) is 34.5. The summed E-state index contributed by atoms with van der Waals surface area (Å²) < 4.78 is 58.5. The summed E-state index contributed by atoms with van der Waals surface area (Å²) in [5.74, 6) is -0.367. The number of likely N-dealkylation sites (tertiary alicyclic amines) is 1. The minimum Gasteiger partial charge on any atom is -0.481 e. The fraction of sp³-hybridized carbons (Fsp3) is 0.343. The van der Waals surface area contributed by atoms with E-state index in [0.717, 1.165) is 29.8 Å². The lowest BCUT2D eigenvalue weighted by molar-refractivity contribution is -0.139. The molecule has 4 aromatic rings. The van der Waals surface area contributed by atoms with Crippen LogP contribution < -0.4 is 19.5 Å². The first-order chi connectivity index (χ1) is 23.5. The van der Waals surface area contributed by atoms with Crippen LogP contribution in [0.5, 0.6) is 17.6 Å². The quantitative estimate of drug-likeness (QED) is 0.208. The lowest BCUT2D eigenvalue weighted by Crippen LogP contribution is -2.56.